The van der Waals surface area contributed by atoms with Gasteiger partial charge in [-0.25, -0.2) is 12.8 Å². The molecule has 1 amide bonds. The molecule has 2 N–H and O–H groups in total. The Morgan fingerprint density at radius 1 is 1.38 bits per heavy atom. The van der Waals surface area contributed by atoms with Crippen LogP contribution in [0.25, 0.3) is 0 Å². The lowest BCUT2D eigenvalue weighted by Gasteiger charge is -2.34. The fraction of sp³-hybridized carbons (Fsp3) is 0.438. The van der Waals surface area contributed by atoms with Gasteiger partial charge in [0.25, 0.3) is 5.91 Å². The third-order valence-electron chi connectivity index (χ3n) is 4.24. The van der Waals surface area contributed by atoms with Crippen LogP contribution in [0.3, 0.4) is 0 Å². The van der Waals surface area contributed by atoms with Crippen molar-refractivity contribution >= 4 is 15.9 Å². The van der Waals surface area contributed by atoms with E-state index in [1.54, 1.807) is 6.08 Å². The maximum Gasteiger partial charge on any atom is 0.278 e. The van der Waals surface area contributed by atoms with E-state index in [-0.39, 0.29) is 16.8 Å². The van der Waals surface area contributed by atoms with Crippen LogP contribution in [0, 0.1) is 5.82 Å². The van der Waals surface area contributed by atoms with Gasteiger partial charge in [-0.05, 0) is 31.2 Å². The van der Waals surface area contributed by atoms with Crippen molar-refractivity contribution in [3.8, 4) is 0 Å². The number of nitrogens with zero attached hydrogens (tertiary/aromatic N) is 1. The highest BCUT2D eigenvalue weighted by molar-refractivity contribution is 7.89. The van der Waals surface area contributed by atoms with Gasteiger partial charge in [-0.3, -0.25) is 4.79 Å². The van der Waals surface area contributed by atoms with E-state index < -0.39 is 15.8 Å². The van der Waals surface area contributed by atoms with Crippen molar-refractivity contribution < 1.29 is 22.5 Å². The van der Waals surface area contributed by atoms with Gasteiger partial charge in [0, 0.05) is 6.54 Å². The Morgan fingerprint density at radius 3 is 2.50 bits per heavy atom. The average molecular weight is 356 g/mol. The molecular formula is C16H23FN3O3S+. The van der Waals surface area contributed by atoms with Crippen LogP contribution < -0.4 is 10.2 Å². The van der Waals surface area contributed by atoms with Crippen molar-refractivity contribution in [1.82, 2.24) is 9.62 Å². The molecule has 132 valence electrons. The van der Waals surface area contributed by atoms with Gasteiger partial charge in [0.15, 0.2) is 6.04 Å². The zero-order valence-corrected chi connectivity index (χ0v) is 14.5. The molecule has 0 unspecified atom stereocenters. The Labute approximate surface area is 142 Å². The summed E-state index contributed by atoms with van der Waals surface area (Å²) in [5.41, 5.74) is 0. The highest BCUT2D eigenvalue weighted by Gasteiger charge is 2.34. The molecule has 1 saturated heterocycles. The van der Waals surface area contributed by atoms with E-state index in [1.807, 2.05) is 6.92 Å². The van der Waals surface area contributed by atoms with Crippen molar-refractivity contribution in [2.24, 2.45) is 0 Å². The average Bonchev–Trinajstić information content (AvgIpc) is 2.59. The van der Waals surface area contributed by atoms with Crippen LogP contribution >= 0.6 is 0 Å². The molecule has 1 heterocycles. The molecule has 0 radical (unpaired) electrons. The van der Waals surface area contributed by atoms with E-state index in [0.29, 0.717) is 32.7 Å². The Balaban J connectivity index is 1.98. The van der Waals surface area contributed by atoms with E-state index in [9.17, 15) is 17.6 Å². The van der Waals surface area contributed by atoms with E-state index in [0.717, 1.165) is 17.0 Å². The summed E-state index contributed by atoms with van der Waals surface area (Å²) in [4.78, 5) is 13.1. The Kier molecular flexibility index (Phi) is 6.09. The summed E-state index contributed by atoms with van der Waals surface area (Å²) in [7, 11) is -3.62. The minimum absolute atomic E-state index is 0.0697. The number of sulfonamides is 1. The molecule has 2 rings (SSSR count). The number of hydrogen-bond acceptors (Lipinski definition) is 3. The molecule has 0 spiro atoms. The number of hydrogen-bond donors (Lipinski definition) is 2. The smallest absolute Gasteiger partial charge is 0.278 e. The first-order valence-corrected chi connectivity index (χ1v) is 9.29. The van der Waals surface area contributed by atoms with Crippen molar-refractivity contribution in [1.29, 1.82) is 0 Å². The number of rotatable bonds is 6. The molecule has 1 aliphatic rings. The van der Waals surface area contributed by atoms with Crippen LogP contribution in [0.5, 0.6) is 0 Å². The first-order chi connectivity index (χ1) is 11.4. The predicted octanol–water partition coefficient (Wildman–Crippen LogP) is -0.594. The van der Waals surface area contributed by atoms with Crippen LogP contribution in [0.1, 0.15) is 6.92 Å². The number of nitrogens with one attached hydrogen (secondary N) is 2. The van der Waals surface area contributed by atoms with Gasteiger partial charge in [-0.1, -0.05) is 6.08 Å². The molecule has 0 aromatic heterocycles. The zero-order chi connectivity index (χ0) is 17.7. The largest absolute Gasteiger partial charge is 0.347 e. The lowest BCUT2D eigenvalue weighted by molar-refractivity contribution is -0.917. The monoisotopic (exact) mass is 356 g/mol. The Hall–Kier alpha value is -1.77. The number of amides is 1. The summed E-state index contributed by atoms with van der Waals surface area (Å²) in [6.07, 6.45) is 1.62. The summed E-state index contributed by atoms with van der Waals surface area (Å²) in [5.74, 6) is -0.540. The first kappa shape index (κ1) is 18.6. The Morgan fingerprint density at radius 2 is 1.96 bits per heavy atom. The molecule has 0 aliphatic carbocycles. The molecule has 1 fully saturated rings. The lowest BCUT2D eigenvalue weighted by atomic mass is 10.2. The van der Waals surface area contributed by atoms with Crippen molar-refractivity contribution in [2.45, 2.75) is 17.9 Å². The fourth-order valence-corrected chi connectivity index (χ4v) is 4.16. The van der Waals surface area contributed by atoms with Gasteiger partial charge < -0.3 is 10.2 Å². The standard InChI is InChI=1S/C16H22FN3O3S/c1-3-8-18-16(21)13(2)19-9-11-20(12-10-19)24(22,23)15-6-4-14(17)5-7-15/h3-7,13H,1,8-12H2,2H3,(H,18,21)/p+1/t13-/m1/s1. The normalized spacial score (nSPS) is 18.1. The highest BCUT2D eigenvalue weighted by Crippen LogP contribution is 2.16. The van der Waals surface area contributed by atoms with Crippen LogP contribution in [0.15, 0.2) is 41.8 Å². The van der Waals surface area contributed by atoms with E-state index in [2.05, 4.69) is 11.9 Å². The lowest BCUT2D eigenvalue weighted by Crippen LogP contribution is -3.19. The van der Waals surface area contributed by atoms with Crippen molar-refractivity contribution in [3.63, 3.8) is 0 Å². The van der Waals surface area contributed by atoms with Crippen LogP contribution in [0.4, 0.5) is 4.39 Å². The molecule has 1 aliphatic heterocycles. The van der Waals surface area contributed by atoms with E-state index in [4.69, 9.17) is 0 Å². The number of carbonyl (C=O) groups is 1. The minimum Gasteiger partial charge on any atom is -0.347 e. The number of quaternary nitrogens is 1. The second-order valence-electron chi connectivity index (χ2n) is 5.77. The predicted molar refractivity (Wildman–Crippen MR) is 88.5 cm³/mol. The van der Waals surface area contributed by atoms with Crippen molar-refractivity contribution in [3.05, 3.63) is 42.7 Å². The van der Waals surface area contributed by atoms with Crippen LogP contribution in [0.2, 0.25) is 0 Å². The quantitative estimate of drug-likeness (QED) is 0.669. The van der Waals surface area contributed by atoms with E-state index in [1.165, 1.54) is 16.4 Å². The Bertz CT molecular complexity index is 683. The molecule has 0 saturated carbocycles. The highest BCUT2D eigenvalue weighted by atomic mass is 32.2. The maximum atomic E-state index is 13.0. The molecule has 24 heavy (non-hydrogen) atoms. The zero-order valence-electron chi connectivity index (χ0n) is 13.7. The third kappa shape index (κ3) is 4.19. The second kappa shape index (κ2) is 7.87. The summed E-state index contributed by atoms with van der Waals surface area (Å²) in [5, 5.41) is 2.76. The molecule has 1 aromatic rings. The molecule has 6 nitrogen and oxygen atoms in total. The van der Waals surface area contributed by atoms with Gasteiger partial charge >= 0.3 is 0 Å². The van der Waals surface area contributed by atoms with Gasteiger partial charge in [0.2, 0.25) is 10.0 Å². The van der Waals surface area contributed by atoms with Gasteiger partial charge in [0.05, 0.1) is 31.1 Å². The number of benzene rings is 1. The molecule has 1 atom stereocenters. The minimum atomic E-state index is -3.62. The number of piperazine rings is 1. The van der Waals surface area contributed by atoms with Crippen molar-refractivity contribution in [2.75, 3.05) is 32.7 Å². The van der Waals surface area contributed by atoms with Gasteiger partial charge in [-0.2, -0.15) is 4.31 Å². The summed E-state index contributed by atoms with van der Waals surface area (Å²) >= 11 is 0. The summed E-state index contributed by atoms with van der Waals surface area (Å²) in [6, 6.07) is 4.58. The van der Waals surface area contributed by atoms with Gasteiger partial charge in [0.1, 0.15) is 5.82 Å². The SMILES string of the molecule is C=CCNC(=O)[C@@H](C)[NH+]1CCN(S(=O)(=O)c2ccc(F)cc2)CC1. The number of carbonyl (C=O) groups excluding carboxylic acids is 1. The molecule has 8 heteroatoms. The summed E-state index contributed by atoms with van der Waals surface area (Å²) in [6.45, 7) is 7.55. The van der Waals surface area contributed by atoms with E-state index >= 15 is 0 Å². The van der Waals surface area contributed by atoms with Gasteiger partial charge in [-0.15, -0.1) is 6.58 Å². The molecule has 0 bridgehead atoms. The third-order valence-corrected chi connectivity index (χ3v) is 6.16. The topological polar surface area (TPSA) is 70.9 Å². The molecular weight excluding hydrogens is 333 g/mol. The maximum absolute atomic E-state index is 13.0. The first-order valence-electron chi connectivity index (χ1n) is 7.85. The fourth-order valence-electron chi connectivity index (χ4n) is 2.71. The van der Waals surface area contributed by atoms with Crippen LogP contribution in [-0.4, -0.2) is 57.4 Å². The molecule has 1 aromatic carbocycles. The van der Waals surface area contributed by atoms with Crippen LogP contribution in [-0.2, 0) is 14.8 Å². The summed E-state index contributed by atoms with van der Waals surface area (Å²) < 4.78 is 39.5. The second-order valence-corrected chi connectivity index (χ2v) is 7.71. The number of halogens is 1.